The second-order valence-electron chi connectivity index (χ2n) is 2.69. The van der Waals surface area contributed by atoms with E-state index in [1.165, 1.54) is 6.42 Å². The first-order valence-electron chi connectivity index (χ1n) is 3.79. The molecule has 1 fully saturated rings. The van der Waals surface area contributed by atoms with Crippen LogP contribution in [0.25, 0.3) is 0 Å². The first-order valence-corrected chi connectivity index (χ1v) is 3.79. The highest BCUT2D eigenvalue weighted by atomic mass is 16.2. The zero-order chi connectivity index (χ0) is 8.10. The molecule has 0 aromatic carbocycles. The smallest absolute Gasteiger partial charge is 0.239 e. The summed E-state index contributed by atoms with van der Waals surface area (Å²) in [7, 11) is 0. The molecular weight excluding hydrogens is 144 g/mol. The summed E-state index contributed by atoms with van der Waals surface area (Å²) in [6.45, 7) is 0.0972. The summed E-state index contributed by atoms with van der Waals surface area (Å²) in [6.07, 6.45) is 3.88. The number of nitrogens with one attached hydrogen (secondary N) is 2. The van der Waals surface area contributed by atoms with Gasteiger partial charge in [0, 0.05) is 6.04 Å². The van der Waals surface area contributed by atoms with Gasteiger partial charge in [-0.1, -0.05) is 0 Å². The van der Waals surface area contributed by atoms with Crippen LogP contribution >= 0.6 is 0 Å². The fraction of sp³-hybridized carbons (Fsp3) is 0.714. The molecule has 0 aromatic heterocycles. The van der Waals surface area contributed by atoms with E-state index in [2.05, 4.69) is 10.6 Å². The Bertz CT molecular complexity index is 155. The van der Waals surface area contributed by atoms with Crippen LogP contribution in [0.15, 0.2) is 0 Å². The molecule has 0 atom stereocenters. The molecule has 1 aliphatic rings. The van der Waals surface area contributed by atoms with Crippen molar-refractivity contribution in [3.05, 3.63) is 0 Å². The summed E-state index contributed by atoms with van der Waals surface area (Å²) >= 11 is 0. The summed E-state index contributed by atoms with van der Waals surface area (Å²) in [5.41, 5.74) is 0. The number of carbonyl (C=O) groups excluding carboxylic acids is 2. The van der Waals surface area contributed by atoms with E-state index in [9.17, 15) is 9.59 Å². The lowest BCUT2D eigenvalue weighted by molar-refractivity contribution is -0.123. The van der Waals surface area contributed by atoms with Gasteiger partial charge in [-0.05, 0) is 19.3 Å². The molecule has 2 N–H and O–H groups in total. The van der Waals surface area contributed by atoms with Gasteiger partial charge in [-0.15, -0.1) is 0 Å². The molecule has 62 valence electrons. The Balaban J connectivity index is 2.04. The quantitative estimate of drug-likeness (QED) is 0.534. The Labute approximate surface area is 65.3 Å². The molecule has 0 radical (unpaired) electrons. The van der Waals surface area contributed by atoms with Gasteiger partial charge < -0.3 is 10.6 Å². The van der Waals surface area contributed by atoms with Crippen LogP contribution in [0.4, 0.5) is 0 Å². The summed E-state index contributed by atoms with van der Waals surface area (Å²) in [6, 6.07) is 0.357. The summed E-state index contributed by atoms with van der Waals surface area (Å²) in [4.78, 5) is 20.7. The highest BCUT2D eigenvalue weighted by Crippen LogP contribution is 2.17. The highest BCUT2D eigenvalue weighted by Gasteiger charge is 2.18. The van der Waals surface area contributed by atoms with Crippen LogP contribution in [-0.2, 0) is 9.59 Å². The minimum Gasteiger partial charge on any atom is -0.352 e. The summed E-state index contributed by atoms with van der Waals surface area (Å²) < 4.78 is 0. The lowest BCUT2D eigenvalue weighted by atomic mass is 9.93. The van der Waals surface area contributed by atoms with E-state index in [0.29, 0.717) is 12.5 Å². The molecule has 1 saturated carbocycles. The molecule has 1 rings (SSSR count). The van der Waals surface area contributed by atoms with E-state index < -0.39 is 0 Å². The first-order chi connectivity index (χ1) is 5.33. The number of hydrogen-bond donors (Lipinski definition) is 2. The fourth-order valence-corrected chi connectivity index (χ4v) is 0.966. The van der Waals surface area contributed by atoms with Crippen molar-refractivity contribution in [1.29, 1.82) is 0 Å². The predicted molar refractivity (Wildman–Crippen MR) is 39.8 cm³/mol. The highest BCUT2D eigenvalue weighted by molar-refractivity contribution is 5.80. The van der Waals surface area contributed by atoms with Crippen LogP contribution in [-0.4, -0.2) is 24.9 Å². The Kier molecular flexibility index (Phi) is 2.89. The third-order valence-electron chi connectivity index (χ3n) is 1.82. The lowest BCUT2D eigenvalue weighted by Crippen LogP contribution is -2.43. The van der Waals surface area contributed by atoms with Crippen molar-refractivity contribution in [2.24, 2.45) is 0 Å². The Hall–Kier alpha value is -1.06. The van der Waals surface area contributed by atoms with E-state index in [4.69, 9.17) is 0 Å². The number of rotatable bonds is 4. The van der Waals surface area contributed by atoms with Gasteiger partial charge in [0.2, 0.25) is 12.3 Å². The molecule has 0 saturated heterocycles. The molecule has 11 heavy (non-hydrogen) atoms. The van der Waals surface area contributed by atoms with Crippen LogP contribution < -0.4 is 10.6 Å². The second kappa shape index (κ2) is 3.95. The molecule has 4 nitrogen and oxygen atoms in total. The molecule has 0 heterocycles. The van der Waals surface area contributed by atoms with Gasteiger partial charge in [0.1, 0.15) is 0 Å². The second-order valence-corrected chi connectivity index (χ2v) is 2.69. The zero-order valence-electron chi connectivity index (χ0n) is 6.30. The maximum absolute atomic E-state index is 10.9. The topological polar surface area (TPSA) is 58.2 Å². The van der Waals surface area contributed by atoms with E-state index in [-0.39, 0.29) is 12.5 Å². The molecule has 1 aliphatic carbocycles. The van der Waals surface area contributed by atoms with Crippen molar-refractivity contribution < 1.29 is 9.59 Å². The molecular formula is C7H12N2O2. The minimum atomic E-state index is -0.0956. The largest absolute Gasteiger partial charge is 0.352 e. The van der Waals surface area contributed by atoms with Crippen LogP contribution in [0.1, 0.15) is 19.3 Å². The summed E-state index contributed by atoms with van der Waals surface area (Å²) in [5.74, 6) is -0.0956. The third-order valence-corrected chi connectivity index (χ3v) is 1.82. The number of amides is 2. The van der Waals surface area contributed by atoms with E-state index in [0.717, 1.165) is 12.8 Å². The number of hydrogen-bond acceptors (Lipinski definition) is 2. The molecule has 0 unspecified atom stereocenters. The van der Waals surface area contributed by atoms with Gasteiger partial charge >= 0.3 is 0 Å². The predicted octanol–water partition coefficient (Wildman–Crippen LogP) is -0.599. The van der Waals surface area contributed by atoms with Gasteiger partial charge in [-0.3, -0.25) is 9.59 Å². The van der Waals surface area contributed by atoms with Crippen LogP contribution in [0.5, 0.6) is 0 Å². The van der Waals surface area contributed by atoms with Crippen molar-refractivity contribution >= 4 is 12.3 Å². The van der Waals surface area contributed by atoms with Crippen LogP contribution in [0.2, 0.25) is 0 Å². The Morgan fingerprint density at radius 3 is 2.73 bits per heavy atom. The van der Waals surface area contributed by atoms with Crippen LogP contribution in [0, 0.1) is 0 Å². The van der Waals surface area contributed by atoms with Crippen molar-refractivity contribution in [3.63, 3.8) is 0 Å². The first kappa shape index (κ1) is 8.04. The van der Waals surface area contributed by atoms with Gasteiger partial charge in [-0.25, -0.2) is 0 Å². The monoisotopic (exact) mass is 156 g/mol. The van der Waals surface area contributed by atoms with E-state index >= 15 is 0 Å². The molecule has 0 aliphatic heterocycles. The van der Waals surface area contributed by atoms with Crippen molar-refractivity contribution in [2.45, 2.75) is 25.3 Å². The standard InChI is InChI=1S/C7H12N2O2/c10-5-8-4-7(11)9-6-2-1-3-6/h5-6H,1-4H2,(H,8,10)(H,9,11). The van der Waals surface area contributed by atoms with Crippen molar-refractivity contribution in [3.8, 4) is 0 Å². The van der Waals surface area contributed by atoms with Gasteiger partial charge in [-0.2, -0.15) is 0 Å². The molecule has 0 bridgehead atoms. The molecule has 2 amide bonds. The molecule has 4 heteroatoms. The van der Waals surface area contributed by atoms with Crippen molar-refractivity contribution in [2.75, 3.05) is 6.54 Å². The third kappa shape index (κ3) is 2.57. The molecule has 0 spiro atoms. The zero-order valence-corrected chi connectivity index (χ0v) is 6.30. The Morgan fingerprint density at radius 2 is 2.27 bits per heavy atom. The van der Waals surface area contributed by atoms with E-state index in [1.807, 2.05) is 0 Å². The van der Waals surface area contributed by atoms with Crippen LogP contribution in [0.3, 0.4) is 0 Å². The maximum atomic E-state index is 10.9. The SMILES string of the molecule is O=CNCC(=O)NC1CCC1. The van der Waals surface area contributed by atoms with E-state index in [1.54, 1.807) is 0 Å². The fourth-order valence-electron chi connectivity index (χ4n) is 0.966. The van der Waals surface area contributed by atoms with Gasteiger partial charge in [0.15, 0.2) is 0 Å². The molecule has 0 aromatic rings. The maximum Gasteiger partial charge on any atom is 0.239 e. The summed E-state index contributed by atoms with van der Waals surface area (Å²) in [5, 5.41) is 5.10. The van der Waals surface area contributed by atoms with Gasteiger partial charge in [0.25, 0.3) is 0 Å². The number of carbonyl (C=O) groups is 2. The normalized spacial score (nSPS) is 16.7. The minimum absolute atomic E-state index is 0.0956. The van der Waals surface area contributed by atoms with Gasteiger partial charge in [0.05, 0.1) is 6.54 Å². The Morgan fingerprint density at radius 1 is 1.55 bits per heavy atom. The van der Waals surface area contributed by atoms with Crippen molar-refractivity contribution in [1.82, 2.24) is 10.6 Å². The average molecular weight is 156 g/mol. The lowest BCUT2D eigenvalue weighted by Gasteiger charge is -2.26. The average Bonchev–Trinajstić information content (AvgIpc) is 1.93.